The monoisotopic (exact) mass is 379 g/mol. The number of anilines is 1. The van der Waals surface area contributed by atoms with Gasteiger partial charge in [-0.05, 0) is 29.8 Å². The van der Waals surface area contributed by atoms with Crippen LogP contribution in [0.1, 0.15) is 11.4 Å². The Hall–Kier alpha value is -3.06. The third-order valence-electron chi connectivity index (χ3n) is 4.68. The summed E-state index contributed by atoms with van der Waals surface area (Å²) in [6.45, 7) is 3.19. The molecule has 0 bridgehead atoms. The molecular formula is C21H22FN5O. The summed E-state index contributed by atoms with van der Waals surface area (Å²) < 4.78 is 20.1. The fourth-order valence-electron chi connectivity index (χ4n) is 3.09. The van der Waals surface area contributed by atoms with Crippen molar-refractivity contribution in [3.8, 4) is 11.4 Å². The summed E-state index contributed by atoms with van der Waals surface area (Å²) in [5.74, 6) is 2.23. The number of hydrogen-bond acceptors (Lipinski definition) is 5. The zero-order valence-electron chi connectivity index (χ0n) is 15.8. The highest BCUT2D eigenvalue weighted by atomic mass is 19.1. The molecule has 0 radical (unpaired) electrons. The van der Waals surface area contributed by atoms with Crippen molar-refractivity contribution in [1.82, 2.24) is 19.7 Å². The Balaban J connectivity index is 1.44. The first-order valence-corrected chi connectivity index (χ1v) is 9.30. The fraction of sp³-hybridized carbons (Fsp3) is 0.286. The quantitative estimate of drug-likeness (QED) is 0.682. The van der Waals surface area contributed by atoms with Gasteiger partial charge in [0, 0.05) is 38.3 Å². The lowest BCUT2D eigenvalue weighted by molar-refractivity contribution is 0.122. The molecule has 3 aromatic rings. The fourth-order valence-corrected chi connectivity index (χ4v) is 3.09. The number of benzene rings is 1. The minimum atomic E-state index is -0.233. The second kappa shape index (κ2) is 8.31. The molecule has 7 heteroatoms. The van der Waals surface area contributed by atoms with Gasteiger partial charge in [-0.3, -0.25) is 4.68 Å². The van der Waals surface area contributed by atoms with E-state index < -0.39 is 0 Å². The molecule has 0 saturated carbocycles. The van der Waals surface area contributed by atoms with Crippen LogP contribution in [-0.2, 0) is 18.2 Å². The molecule has 6 nitrogen and oxygen atoms in total. The van der Waals surface area contributed by atoms with Gasteiger partial charge >= 0.3 is 0 Å². The van der Waals surface area contributed by atoms with Gasteiger partial charge in [-0.15, -0.1) is 0 Å². The second-order valence-corrected chi connectivity index (χ2v) is 6.64. The molecule has 1 aliphatic rings. The number of ether oxygens (including phenoxy) is 1. The minimum Gasteiger partial charge on any atom is -0.378 e. The zero-order valence-corrected chi connectivity index (χ0v) is 15.8. The van der Waals surface area contributed by atoms with Crippen LogP contribution in [0, 0.1) is 5.82 Å². The number of pyridine rings is 1. The summed E-state index contributed by atoms with van der Waals surface area (Å²) in [7, 11) is 1.88. The van der Waals surface area contributed by atoms with Crippen LogP contribution in [-0.4, -0.2) is 46.1 Å². The van der Waals surface area contributed by atoms with Crippen molar-refractivity contribution < 1.29 is 9.13 Å². The van der Waals surface area contributed by atoms with Gasteiger partial charge in [0.05, 0.1) is 13.2 Å². The minimum absolute atomic E-state index is 0.233. The molecule has 0 atom stereocenters. The number of hydrogen-bond donors (Lipinski definition) is 0. The van der Waals surface area contributed by atoms with E-state index in [0.717, 1.165) is 49.1 Å². The smallest absolute Gasteiger partial charge is 0.182 e. The predicted octanol–water partition coefficient (Wildman–Crippen LogP) is 3.11. The average molecular weight is 379 g/mol. The summed E-state index contributed by atoms with van der Waals surface area (Å²) in [6, 6.07) is 10.4. The molecular weight excluding hydrogens is 357 g/mol. The van der Waals surface area contributed by atoms with Gasteiger partial charge in [0.15, 0.2) is 5.82 Å². The van der Waals surface area contributed by atoms with Gasteiger partial charge in [0.25, 0.3) is 0 Å². The lowest BCUT2D eigenvalue weighted by Crippen LogP contribution is -2.36. The standard InChI is InChI=1S/C21H22FN5O/c1-26-20(4-2-3-16-5-8-18(22)9-6-16)24-21(25-26)17-7-10-19(23-15-17)27-11-13-28-14-12-27/h2-3,5-10,15H,4,11-14H2,1H3/b3-2+. The highest BCUT2D eigenvalue weighted by Crippen LogP contribution is 2.19. The number of aromatic nitrogens is 4. The van der Waals surface area contributed by atoms with E-state index in [2.05, 4.69) is 20.0 Å². The number of morpholine rings is 1. The van der Waals surface area contributed by atoms with Crippen LogP contribution >= 0.6 is 0 Å². The first-order valence-electron chi connectivity index (χ1n) is 9.30. The number of aryl methyl sites for hydroxylation is 1. The van der Waals surface area contributed by atoms with Crippen molar-refractivity contribution in [3.63, 3.8) is 0 Å². The van der Waals surface area contributed by atoms with Gasteiger partial charge in [0.1, 0.15) is 17.5 Å². The van der Waals surface area contributed by atoms with Crippen LogP contribution in [0.3, 0.4) is 0 Å². The van der Waals surface area contributed by atoms with Crippen molar-refractivity contribution in [1.29, 1.82) is 0 Å². The van der Waals surface area contributed by atoms with Gasteiger partial charge < -0.3 is 9.64 Å². The van der Waals surface area contributed by atoms with Gasteiger partial charge in [-0.25, -0.2) is 14.4 Å². The average Bonchev–Trinajstić information content (AvgIpc) is 3.11. The van der Waals surface area contributed by atoms with E-state index in [1.54, 1.807) is 16.8 Å². The molecule has 4 rings (SSSR count). The molecule has 3 heterocycles. The number of allylic oxidation sites excluding steroid dienone is 1. The number of rotatable bonds is 5. The maximum atomic E-state index is 13.0. The Morgan fingerprint density at radius 3 is 2.61 bits per heavy atom. The van der Waals surface area contributed by atoms with E-state index in [0.29, 0.717) is 12.2 Å². The Bertz CT molecular complexity index is 944. The molecule has 144 valence electrons. The molecule has 1 saturated heterocycles. The lowest BCUT2D eigenvalue weighted by atomic mass is 10.2. The van der Waals surface area contributed by atoms with E-state index >= 15 is 0 Å². The number of halogens is 1. The Kier molecular flexibility index (Phi) is 5.43. The molecule has 0 amide bonds. The summed E-state index contributed by atoms with van der Waals surface area (Å²) in [5.41, 5.74) is 1.84. The van der Waals surface area contributed by atoms with E-state index in [1.807, 2.05) is 37.5 Å². The van der Waals surface area contributed by atoms with Crippen LogP contribution in [0.5, 0.6) is 0 Å². The van der Waals surface area contributed by atoms with Crippen LogP contribution in [0.2, 0.25) is 0 Å². The normalized spacial score (nSPS) is 14.7. The Morgan fingerprint density at radius 1 is 1.11 bits per heavy atom. The third kappa shape index (κ3) is 4.26. The maximum Gasteiger partial charge on any atom is 0.182 e. The Labute approximate surface area is 163 Å². The predicted molar refractivity (Wildman–Crippen MR) is 106 cm³/mol. The van der Waals surface area contributed by atoms with E-state index in [9.17, 15) is 4.39 Å². The molecule has 1 aliphatic heterocycles. The number of nitrogens with zero attached hydrogens (tertiary/aromatic N) is 5. The molecule has 1 fully saturated rings. The van der Waals surface area contributed by atoms with Crippen LogP contribution < -0.4 is 4.90 Å². The van der Waals surface area contributed by atoms with Gasteiger partial charge in [0.2, 0.25) is 0 Å². The third-order valence-corrected chi connectivity index (χ3v) is 4.68. The topological polar surface area (TPSA) is 56.1 Å². The van der Waals surface area contributed by atoms with E-state index in [4.69, 9.17) is 4.74 Å². The van der Waals surface area contributed by atoms with Crippen molar-refractivity contribution in [2.75, 3.05) is 31.2 Å². The van der Waals surface area contributed by atoms with E-state index in [-0.39, 0.29) is 5.82 Å². The SMILES string of the molecule is Cn1nc(-c2ccc(N3CCOCC3)nc2)nc1C/C=C/c1ccc(F)cc1. The van der Waals surface area contributed by atoms with Crippen LogP contribution in [0.4, 0.5) is 10.2 Å². The lowest BCUT2D eigenvalue weighted by Gasteiger charge is -2.27. The van der Waals surface area contributed by atoms with Gasteiger partial charge in [-0.1, -0.05) is 24.3 Å². The largest absolute Gasteiger partial charge is 0.378 e. The summed E-state index contributed by atoms with van der Waals surface area (Å²) >= 11 is 0. The zero-order chi connectivity index (χ0) is 19.3. The molecule has 2 aromatic heterocycles. The molecule has 1 aromatic carbocycles. The van der Waals surface area contributed by atoms with Crippen LogP contribution in [0.25, 0.3) is 17.5 Å². The summed E-state index contributed by atoms with van der Waals surface area (Å²) in [4.78, 5) is 11.4. The highest BCUT2D eigenvalue weighted by molar-refractivity contribution is 5.56. The molecule has 28 heavy (non-hydrogen) atoms. The van der Waals surface area contributed by atoms with Crippen LogP contribution in [0.15, 0.2) is 48.7 Å². The second-order valence-electron chi connectivity index (χ2n) is 6.64. The first-order chi connectivity index (χ1) is 13.7. The van der Waals surface area contributed by atoms with Crippen molar-refractivity contribution in [3.05, 3.63) is 65.9 Å². The maximum absolute atomic E-state index is 13.0. The molecule has 0 unspecified atom stereocenters. The highest BCUT2D eigenvalue weighted by Gasteiger charge is 2.13. The Morgan fingerprint density at radius 2 is 1.89 bits per heavy atom. The van der Waals surface area contributed by atoms with E-state index in [1.165, 1.54) is 12.1 Å². The van der Waals surface area contributed by atoms with Crippen molar-refractivity contribution in [2.24, 2.45) is 7.05 Å². The molecule has 0 spiro atoms. The molecule has 0 N–H and O–H groups in total. The van der Waals surface area contributed by atoms with Crippen molar-refractivity contribution >= 4 is 11.9 Å². The molecule has 0 aliphatic carbocycles. The summed E-state index contributed by atoms with van der Waals surface area (Å²) in [6.07, 6.45) is 6.41. The van der Waals surface area contributed by atoms with Gasteiger partial charge in [-0.2, -0.15) is 5.10 Å². The van der Waals surface area contributed by atoms with Crippen molar-refractivity contribution in [2.45, 2.75) is 6.42 Å². The first kappa shape index (κ1) is 18.3. The summed E-state index contributed by atoms with van der Waals surface area (Å²) in [5, 5.41) is 4.51.